The van der Waals surface area contributed by atoms with Gasteiger partial charge in [0.25, 0.3) is 0 Å². The van der Waals surface area contributed by atoms with Gasteiger partial charge in [-0.25, -0.2) is 0 Å². The molecule has 0 spiro atoms. The third-order valence-electron chi connectivity index (χ3n) is 1.06. The summed E-state index contributed by atoms with van der Waals surface area (Å²) in [6.45, 7) is 6.86. The van der Waals surface area contributed by atoms with Crippen molar-refractivity contribution >= 4 is 11.6 Å². The molecule has 0 fully saturated rings. The molecule has 2 nitrogen and oxygen atoms in total. The van der Waals surface area contributed by atoms with Gasteiger partial charge >= 0.3 is 0 Å². The van der Waals surface area contributed by atoms with E-state index in [1.54, 1.807) is 13.0 Å². The summed E-state index contributed by atoms with van der Waals surface area (Å²) in [5.41, 5.74) is 0. The predicted molar refractivity (Wildman–Crippen MR) is 57.6 cm³/mol. The molecule has 0 heterocycles. The van der Waals surface area contributed by atoms with E-state index in [1.807, 2.05) is 13.8 Å². The first-order valence-corrected chi connectivity index (χ1v) is 4.62. The summed E-state index contributed by atoms with van der Waals surface area (Å²) in [7, 11) is 0. The van der Waals surface area contributed by atoms with Crippen LogP contribution >= 0.6 is 0 Å². The van der Waals surface area contributed by atoms with Gasteiger partial charge < -0.3 is 15.7 Å². The van der Waals surface area contributed by atoms with E-state index in [0.717, 1.165) is 6.42 Å². The first-order chi connectivity index (χ1) is 6.54. The fraction of sp³-hybridized carbons (Fsp3) is 0.500. The van der Waals surface area contributed by atoms with E-state index in [1.165, 1.54) is 13.0 Å². The van der Waals surface area contributed by atoms with Crippen molar-refractivity contribution in [2.24, 2.45) is 0 Å². The van der Waals surface area contributed by atoms with Gasteiger partial charge in [-0.1, -0.05) is 20.8 Å². The van der Waals surface area contributed by atoms with Crippen LogP contribution in [0.4, 0.5) is 0 Å². The van der Waals surface area contributed by atoms with Gasteiger partial charge in [-0.15, -0.1) is 12.8 Å². The van der Waals surface area contributed by atoms with Gasteiger partial charge in [0, 0.05) is 65.4 Å². The molecule has 2 radical (unpaired) electrons. The summed E-state index contributed by atoms with van der Waals surface area (Å²) in [5, 5.41) is 0. The minimum atomic E-state index is 0. The van der Waals surface area contributed by atoms with Gasteiger partial charge in [-0.3, -0.25) is 12.2 Å². The van der Waals surface area contributed by atoms with Gasteiger partial charge in [-0.2, -0.15) is 6.08 Å². The van der Waals surface area contributed by atoms with Crippen molar-refractivity contribution < 1.29 is 75.0 Å². The molecule has 4 heteroatoms. The Bertz CT molecular complexity index is 221. The predicted octanol–water partition coefficient (Wildman–Crippen LogP) is 2.68. The summed E-state index contributed by atoms with van der Waals surface area (Å²) < 4.78 is 0. The molecule has 0 aliphatic rings. The van der Waals surface area contributed by atoms with E-state index in [4.69, 9.17) is 0 Å². The zero-order valence-electron chi connectivity index (χ0n) is 10.5. The second kappa shape index (κ2) is 21.3. The molecule has 0 aromatic heterocycles. The number of carbonyl (C=O) groups excluding carboxylic acids is 2. The molecule has 16 heavy (non-hydrogen) atoms. The number of carbonyl (C=O) groups is 2. The topological polar surface area (TPSA) is 34.1 Å². The van der Waals surface area contributed by atoms with Crippen LogP contribution in [0.15, 0.2) is 12.2 Å². The van der Waals surface area contributed by atoms with Crippen molar-refractivity contribution in [1.29, 1.82) is 0 Å². The van der Waals surface area contributed by atoms with Gasteiger partial charge in [0.15, 0.2) is 0 Å². The molecule has 0 amide bonds. The maximum Gasteiger partial charge on any atom is 0.101 e. The first-order valence-electron chi connectivity index (χ1n) is 4.62. The first kappa shape index (κ1) is 25.8. The van der Waals surface area contributed by atoms with E-state index in [-0.39, 0.29) is 77.0 Å². The maximum atomic E-state index is 10.1. The van der Waals surface area contributed by atoms with Crippen molar-refractivity contribution in [1.82, 2.24) is 0 Å². The van der Waals surface area contributed by atoms with Crippen LogP contribution in [-0.2, 0) is 75.0 Å². The normalized spacial score (nSPS) is 8.75. The van der Waals surface area contributed by atoms with E-state index in [2.05, 4.69) is 12.2 Å². The average molecular weight is 372 g/mol. The SMILES string of the molecule is CC=[C-]CC(C)=O.CC[C-]=CC(C)=O.[Y].[Y]. The zero-order chi connectivity index (χ0) is 11.4. The number of hydrogen-bond acceptors (Lipinski definition) is 2. The van der Waals surface area contributed by atoms with Crippen molar-refractivity contribution in [3.8, 4) is 0 Å². The van der Waals surface area contributed by atoms with Crippen molar-refractivity contribution in [2.45, 2.75) is 40.5 Å². The van der Waals surface area contributed by atoms with Crippen molar-refractivity contribution in [3.05, 3.63) is 24.3 Å². The molecule has 86 valence electrons. The average Bonchev–Trinajstić information content (AvgIpc) is 2.12. The van der Waals surface area contributed by atoms with Gasteiger partial charge in [0.2, 0.25) is 0 Å². The maximum absolute atomic E-state index is 10.1. The molecule has 0 N–H and O–H groups in total. The number of Topliss-reactive ketones (excluding diaryl/α,β-unsaturated/α-hetero) is 1. The Hall–Kier alpha value is 1.03. The fourth-order valence-corrected chi connectivity index (χ4v) is 0.492. The quantitative estimate of drug-likeness (QED) is 0.562. The van der Waals surface area contributed by atoms with Crippen LogP contribution in [0.5, 0.6) is 0 Å². The summed E-state index contributed by atoms with van der Waals surface area (Å²) in [6, 6.07) is 0. The van der Waals surface area contributed by atoms with E-state index < -0.39 is 0 Å². The molecular formula is C12H18O2Y2-2. The third-order valence-corrected chi connectivity index (χ3v) is 1.06. The number of ketones is 2. The molecule has 0 unspecified atom stereocenters. The molecule has 0 saturated heterocycles. The van der Waals surface area contributed by atoms with Crippen molar-refractivity contribution in [3.63, 3.8) is 0 Å². The molecule has 0 aromatic rings. The summed E-state index contributed by atoms with van der Waals surface area (Å²) in [6.07, 6.45) is 10.0. The van der Waals surface area contributed by atoms with Gasteiger partial charge in [0.1, 0.15) is 5.78 Å². The van der Waals surface area contributed by atoms with Gasteiger partial charge in [0.05, 0.1) is 0 Å². The largest absolute Gasteiger partial charge is 0.494 e. The van der Waals surface area contributed by atoms with Gasteiger partial charge in [-0.05, 0) is 12.7 Å². The smallest absolute Gasteiger partial charge is 0.101 e. The van der Waals surface area contributed by atoms with Crippen LogP contribution in [0.1, 0.15) is 40.5 Å². The summed E-state index contributed by atoms with van der Waals surface area (Å²) in [5.74, 6) is 0.236. The Morgan fingerprint density at radius 2 is 1.62 bits per heavy atom. The Morgan fingerprint density at radius 1 is 1.12 bits per heavy atom. The molecule has 0 aliphatic heterocycles. The molecule has 0 aromatic carbocycles. The van der Waals surface area contributed by atoms with Crippen LogP contribution < -0.4 is 0 Å². The van der Waals surface area contributed by atoms with E-state index >= 15 is 0 Å². The van der Waals surface area contributed by atoms with Crippen LogP contribution in [0.3, 0.4) is 0 Å². The second-order valence-corrected chi connectivity index (χ2v) is 2.68. The number of hydrogen-bond donors (Lipinski definition) is 0. The molecular weight excluding hydrogens is 354 g/mol. The van der Waals surface area contributed by atoms with Crippen LogP contribution in [-0.4, -0.2) is 11.6 Å². The second-order valence-electron chi connectivity index (χ2n) is 2.68. The Balaban J connectivity index is -0.0000000800. The summed E-state index contributed by atoms with van der Waals surface area (Å²) >= 11 is 0. The molecule has 0 rings (SSSR count). The number of rotatable bonds is 4. The molecule has 0 aliphatic carbocycles. The zero-order valence-corrected chi connectivity index (χ0v) is 16.2. The standard InChI is InChI=1S/2C6H9O.2Y/c2*1-3-4-5-6(2)7;;/h5H,3H2,1-2H3;3H,5H2,1-2H3;;/q2*-1;;. The minimum absolute atomic E-state index is 0. The Morgan fingerprint density at radius 3 is 1.75 bits per heavy atom. The Kier molecular flexibility index (Phi) is 34.4. The van der Waals surface area contributed by atoms with Crippen LogP contribution in [0.25, 0.3) is 0 Å². The fourth-order valence-electron chi connectivity index (χ4n) is 0.492. The monoisotopic (exact) mass is 372 g/mol. The van der Waals surface area contributed by atoms with Crippen LogP contribution in [0.2, 0.25) is 0 Å². The molecule has 0 bridgehead atoms. The van der Waals surface area contributed by atoms with Crippen molar-refractivity contribution in [2.75, 3.05) is 0 Å². The third kappa shape index (κ3) is 36.3. The minimum Gasteiger partial charge on any atom is -0.494 e. The van der Waals surface area contributed by atoms with E-state index in [0.29, 0.717) is 6.42 Å². The summed E-state index contributed by atoms with van der Waals surface area (Å²) in [4.78, 5) is 20.2. The molecule has 0 saturated carbocycles. The number of allylic oxidation sites excluding steroid dienone is 4. The van der Waals surface area contributed by atoms with Crippen LogP contribution in [0, 0.1) is 12.2 Å². The molecule has 0 atom stereocenters. The Labute approximate surface area is 149 Å². The van der Waals surface area contributed by atoms with E-state index in [9.17, 15) is 9.59 Å².